The minimum absolute atomic E-state index is 1.01. The van der Waals surface area contributed by atoms with Crippen LogP contribution in [0.25, 0.3) is 0 Å². The average Bonchev–Trinajstić information content (AvgIpc) is 3.36. The largest absolute Gasteiger partial charge is 0.249 e. The maximum atomic E-state index is 4.28. The first-order valence-electron chi connectivity index (χ1n) is 20.2. The summed E-state index contributed by atoms with van der Waals surface area (Å²) in [5, 5.41) is 4.39. The van der Waals surface area contributed by atoms with E-state index in [0.29, 0.717) is 0 Å². The predicted octanol–water partition coefficient (Wildman–Crippen LogP) is 19.5. The Balaban J connectivity index is 0. The molecule has 0 fully saturated rings. The second kappa shape index (κ2) is 62.0. The molecule has 4 aromatic heterocycles. The van der Waals surface area contributed by atoms with Gasteiger partial charge < -0.3 is 0 Å². The molecule has 0 unspecified atom stereocenters. The van der Waals surface area contributed by atoms with Gasteiger partial charge in [-0.05, 0) is 161 Å². The molecule has 0 aliphatic heterocycles. The summed E-state index contributed by atoms with van der Waals surface area (Å²) >= 11 is 7.45. The molecule has 0 aliphatic rings. The van der Waals surface area contributed by atoms with Crippen molar-refractivity contribution in [1.29, 1.82) is 0 Å². The molecule has 4 nitrogen and oxygen atoms in total. The van der Waals surface area contributed by atoms with Gasteiger partial charge in [-0.1, -0.05) is 168 Å². The molecule has 64 heavy (non-hydrogen) atoms. The summed E-state index contributed by atoms with van der Waals surface area (Å²) in [5.74, 6) is 12.1. The van der Waals surface area contributed by atoms with E-state index >= 15 is 0 Å². The molecule has 0 N–H and O–H groups in total. The highest BCUT2D eigenvalue weighted by molar-refractivity contribution is 8.78. The van der Waals surface area contributed by atoms with E-state index in [1.54, 1.807) is 49.4 Å². The Bertz CT molecular complexity index is 1300. The third-order valence-corrected chi connectivity index (χ3v) is 24.1. The SMILES string of the molecule is CCCS.CCCSSCCCSSC.CS.CSSCCCSSc1ccccn1.CSSCCCSSc1ccccn1.c1ccc(SSCCCSSc2ccccn2)nc1. The average molecular weight is 1210 g/mol. The summed E-state index contributed by atoms with van der Waals surface area (Å²) in [5.41, 5.74) is 0. The highest BCUT2D eigenvalue weighted by Gasteiger charge is 1.99. The lowest BCUT2D eigenvalue weighted by Crippen LogP contribution is -1.81. The first-order chi connectivity index (χ1) is 31.6. The normalized spacial score (nSPS) is 10.0. The summed E-state index contributed by atoms with van der Waals surface area (Å²) in [6.45, 7) is 4.34. The van der Waals surface area contributed by atoms with Gasteiger partial charge in [0, 0.05) is 76.6 Å². The van der Waals surface area contributed by atoms with Crippen molar-refractivity contribution in [2.75, 3.05) is 82.6 Å². The lowest BCUT2D eigenvalue weighted by Gasteiger charge is -2.01. The van der Waals surface area contributed by atoms with Crippen molar-refractivity contribution in [3.8, 4) is 0 Å². The zero-order valence-electron chi connectivity index (χ0n) is 37.8. The molecule has 0 saturated carbocycles. The second-order valence-corrected chi connectivity index (χ2v) is 32.0. The van der Waals surface area contributed by atoms with Crippen LogP contribution >= 0.6 is 198 Å². The fraction of sp³-hybridized carbons (Fsp3) is 0.524. The van der Waals surface area contributed by atoms with E-state index in [1.165, 1.54) is 78.8 Å². The van der Waals surface area contributed by atoms with E-state index < -0.39 is 0 Å². The van der Waals surface area contributed by atoms with E-state index in [1.807, 2.05) is 227 Å². The Labute approximate surface area is 464 Å². The van der Waals surface area contributed by atoms with Crippen molar-refractivity contribution in [2.45, 2.75) is 72.5 Å². The van der Waals surface area contributed by atoms with E-state index in [4.69, 9.17) is 0 Å². The number of rotatable bonds is 31. The van der Waals surface area contributed by atoms with Crippen molar-refractivity contribution in [1.82, 2.24) is 19.9 Å². The Kier molecular flexibility index (Phi) is 66.8. The van der Waals surface area contributed by atoms with Crippen LogP contribution in [0.1, 0.15) is 52.4 Å². The molecule has 0 aromatic carbocycles. The highest BCUT2D eigenvalue weighted by Crippen LogP contribution is 2.34. The standard InChI is InChI=1S/C13H14N2S4.2C9H13NS4.C7H16S4.C3H8S.CH4S/c1-3-8-14-12(6-1)18-16-10-5-11-17-19-13-7-2-4-9-15-13;2*1-11-12-7-4-8-13-14-9-5-2-3-6-10-9;1-3-5-10-11-7-4-6-9-8-2;1-2-3-4;1-2/h1-4,6-9H,5,10-11H2;2*2-3,5-6H,4,7-8H2,1H3;3-7H2,1-2H3;4H,2-3H2,1H3;2H,1H3. The maximum Gasteiger partial charge on any atom is 0.106 e. The first-order valence-corrected chi connectivity index (χ1v) is 41.7. The van der Waals surface area contributed by atoms with Gasteiger partial charge in [0.1, 0.15) is 20.1 Å². The number of nitrogens with zero attached hydrogens (tertiary/aromatic N) is 4. The minimum atomic E-state index is 1.01. The Hall–Kier alpha value is 2.90. The molecule has 0 spiro atoms. The van der Waals surface area contributed by atoms with Crippen LogP contribution in [0.3, 0.4) is 0 Å². The molecule has 0 amide bonds. The first kappa shape index (κ1) is 69.0. The molecular formula is C42H68N4S18. The van der Waals surface area contributed by atoms with Gasteiger partial charge in [-0.3, -0.25) is 0 Å². The molecule has 22 heteroatoms. The zero-order chi connectivity index (χ0) is 47.1. The molecule has 4 rings (SSSR count). The second-order valence-electron chi connectivity index (χ2n) is 11.0. The Morgan fingerprint density at radius 3 is 0.828 bits per heavy atom. The molecule has 4 aromatic rings. The van der Waals surface area contributed by atoms with E-state index in [2.05, 4.69) is 77.8 Å². The lowest BCUT2D eigenvalue weighted by atomic mass is 10.5. The number of aromatic nitrogens is 4. The number of pyridine rings is 4. The van der Waals surface area contributed by atoms with Crippen LogP contribution in [-0.4, -0.2) is 102 Å². The van der Waals surface area contributed by atoms with Crippen molar-refractivity contribution < 1.29 is 0 Å². The minimum Gasteiger partial charge on any atom is -0.249 e. The van der Waals surface area contributed by atoms with Crippen LogP contribution in [0.5, 0.6) is 0 Å². The molecular weight excluding hydrogens is 1140 g/mol. The van der Waals surface area contributed by atoms with Crippen molar-refractivity contribution >= 4 is 198 Å². The molecule has 0 bridgehead atoms. The third-order valence-electron chi connectivity index (χ3n) is 5.90. The van der Waals surface area contributed by atoms with E-state index in [0.717, 1.165) is 37.4 Å². The number of hydrogen-bond donors (Lipinski definition) is 2. The van der Waals surface area contributed by atoms with Gasteiger partial charge in [0.2, 0.25) is 0 Å². The molecule has 0 aliphatic carbocycles. The fourth-order valence-electron chi connectivity index (χ4n) is 3.15. The van der Waals surface area contributed by atoms with Gasteiger partial charge in [-0.25, -0.2) is 19.9 Å². The van der Waals surface area contributed by atoms with Gasteiger partial charge in [0.15, 0.2) is 0 Å². The fourth-order valence-corrected chi connectivity index (χ4v) is 17.8. The van der Waals surface area contributed by atoms with E-state index in [-0.39, 0.29) is 0 Å². The van der Waals surface area contributed by atoms with Crippen molar-refractivity contribution in [3.05, 3.63) is 97.6 Å². The quantitative estimate of drug-likeness (QED) is 0.0285. The van der Waals surface area contributed by atoms with Gasteiger partial charge in [0.25, 0.3) is 0 Å². The summed E-state index contributed by atoms with van der Waals surface area (Å²) in [6.07, 6.45) is 23.0. The summed E-state index contributed by atoms with van der Waals surface area (Å²) in [7, 11) is 30.0. The summed E-state index contributed by atoms with van der Waals surface area (Å²) < 4.78 is 0. The molecule has 0 radical (unpaired) electrons. The molecule has 0 saturated heterocycles. The van der Waals surface area contributed by atoms with Crippen molar-refractivity contribution in [3.63, 3.8) is 0 Å². The van der Waals surface area contributed by atoms with Crippen LogP contribution < -0.4 is 0 Å². The van der Waals surface area contributed by atoms with E-state index in [9.17, 15) is 0 Å². The third kappa shape index (κ3) is 54.2. The molecule has 4 heterocycles. The summed E-state index contributed by atoms with van der Waals surface area (Å²) in [6, 6.07) is 24.1. The monoisotopic (exact) mass is 1200 g/mol. The van der Waals surface area contributed by atoms with Crippen LogP contribution in [0.4, 0.5) is 0 Å². The van der Waals surface area contributed by atoms with Crippen molar-refractivity contribution in [2.24, 2.45) is 0 Å². The smallest absolute Gasteiger partial charge is 0.106 e. The van der Waals surface area contributed by atoms with Crippen LogP contribution in [0, 0.1) is 0 Å². The zero-order valence-corrected chi connectivity index (χ0v) is 52.6. The topological polar surface area (TPSA) is 51.6 Å². The highest BCUT2D eigenvalue weighted by atomic mass is 33.1. The van der Waals surface area contributed by atoms with Gasteiger partial charge in [-0.15, -0.1) is 0 Å². The van der Waals surface area contributed by atoms with Gasteiger partial charge >= 0.3 is 0 Å². The van der Waals surface area contributed by atoms with Gasteiger partial charge in [-0.2, -0.15) is 25.3 Å². The lowest BCUT2D eigenvalue weighted by molar-refractivity contribution is 1.11. The predicted molar refractivity (Wildman–Crippen MR) is 341 cm³/mol. The van der Waals surface area contributed by atoms with Gasteiger partial charge in [0.05, 0.1) is 0 Å². The number of thiol groups is 2. The molecule has 0 atom stereocenters. The molecule has 364 valence electrons. The van der Waals surface area contributed by atoms with Crippen LogP contribution in [-0.2, 0) is 0 Å². The maximum absolute atomic E-state index is 4.28. The number of hydrogen-bond acceptors (Lipinski definition) is 22. The van der Waals surface area contributed by atoms with Crippen LogP contribution in [0.15, 0.2) is 118 Å². The summed E-state index contributed by atoms with van der Waals surface area (Å²) in [4.78, 5) is 17.0. The van der Waals surface area contributed by atoms with Crippen LogP contribution in [0.2, 0.25) is 0 Å². The Morgan fingerprint density at radius 2 is 0.609 bits per heavy atom. The Morgan fingerprint density at radius 1 is 0.359 bits per heavy atom.